The predicted molar refractivity (Wildman–Crippen MR) is 143 cm³/mol. The average Bonchev–Trinajstić information content (AvgIpc) is 3.13. The summed E-state index contributed by atoms with van der Waals surface area (Å²) < 4.78 is 16.4. The third-order valence-electron chi connectivity index (χ3n) is 5.23. The standard InChI is InChI=1S/C29H37N3O5/c1-28(2,3)36-26(33)30-25-31(19-22-11-9-8-10-12-22)20-23(32(25)27(34)37-29(4,5)6)16-13-21-14-17-24(35-7)18-15-21/h8-12,14-18H,13,19-20H2,1-7H3/b23-16+,30-25+. The van der Waals surface area contributed by atoms with Crippen LogP contribution in [0.4, 0.5) is 9.59 Å². The molecule has 8 nitrogen and oxygen atoms in total. The van der Waals surface area contributed by atoms with E-state index in [4.69, 9.17) is 14.2 Å². The van der Waals surface area contributed by atoms with Crippen molar-refractivity contribution < 1.29 is 23.8 Å². The third-order valence-corrected chi connectivity index (χ3v) is 5.23. The molecule has 0 saturated carbocycles. The van der Waals surface area contributed by atoms with Crippen molar-refractivity contribution in [2.45, 2.75) is 65.7 Å². The maximum atomic E-state index is 13.4. The number of ether oxygens (including phenoxy) is 3. The van der Waals surface area contributed by atoms with E-state index in [1.165, 1.54) is 4.90 Å². The predicted octanol–water partition coefficient (Wildman–Crippen LogP) is 6.17. The second-order valence-electron chi connectivity index (χ2n) is 10.8. The van der Waals surface area contributed by atoms with Gasteiger partial charge in [0, 0.05) is 12.2 Å². The van der Waals surface area contributed by atoms with Gasteiger partial charge in [0.15, 0.2) is 0 Å². The fourth-order valence-electron chi connectivity index (χ4n) is 3.68. The number of aliphatic imine (C=N–C) groups is 1. The van der Waals surface area contributed by atoms with E-state index in [1.807, 2.05) is 65.6 Å². The van der Waals surface area contributed by atoms with E-state index in [0.29, 0.717) is 25.2 Å². The lowest BCUT2D eigenvalue weighted by Gasteiger charge is -2.26. The molecule has 0 spiro atoms. The molecule has 2 amide bonds. The van der Waals surface area contributed by atoms with E-state index < -0.39 is 23.4 Å². The van der Waals surface area contributed by atoms with Crippen molar-refractivity contribution in [3.63, 3.8) is 0 Å². The number of benzene rings is 2. The van der Waals surface area contributed by atoms with E-state index >= 15 is 0 Å². The molecule has 0 bridgehead atoms. The highest BCUT2D eigenvalue weighted by Crippen LogP contribution is 2.26. The summed E-state index contributed by atoms with van der Waals surface area (Å²) >= 11 is 0. The van der Waals surface area contributed by atoms with Gasteiger partial charge in [-0.2, -0.15) is 0 Å². The lowest BCUT2D eigenvalue weighted by atomic mass is 10.1. The quantitative estimate of drug-likeness (QED) is 0.482. The van der Waals surface area contributed by atoms with Crippen molar-refractivity contribution in [1.82, 2.24) is 9.80 Å². The Bertz CT molecular complexity index is 1140. The van der Waals surface area contributed by atoms with Crippen LogP contribution in [0.1, 0.15) is 52.7 Å². The number of methoxy groups -OCH3 is 1. The van der Waals surface area contributed by atoms with Gasteiger partial charge in [0.05, 0.1) is 13.7 Å². The van der Waals surface area contributed by atoms with E-state index in [0.717, 1.165) is 16.9 Å². The number of hydrogen-bond donors (Lipinski definition) is 0. The Morgan fingerprint density at radius 2 is 1.51 bits per heavy atom. The molecule has 0 N–H and O–H groups in total. The molecule has 2 aromatic rings. The van der Waals surface area contributed by atoms with E-state index in [1.54, 1.807) is 48.7 Å². The monoisotopic (exact) mass is 507 g/mol. The largest absolute Gasteiger partial charge is 0.497 e. The first-order chi connectivity index (χ1) is 17.3. The van der Waals surface area contributed by atoms with Crippen molar-refractivity contribution in [2.24, 2.45) is 4.99 Å². The van der Waals surface area contributed by atoms with Crippen LogP contribution in [0.25, 0.3) is 0 Å². The molecule has 1 aliphatic heterocycles. The number of rotatable bonds is 5. The molecule has 1 saturated heterocycles. The second-order valence-corrected chi connectivity index (χ2v) is 10.8. The van der Waals surface area contributed by atoms with Gasteiger partial charge in [-0.15, -0.1) is 4.99 Å². The Balaban J connectivity index is 2.02. The van der Waals surface area contributed by atoms with Crippen LogP contribution in [0.2, 0.25) is 0 Å². The normalized spacial score (nSPS) is 16.3. The number of carbonyl (C=O) groups excluding carboxylic acids is 2. The van der Waals surface area contributed by atoms with Crippen molar-refractivity contribution >= 4 is 18.1 Å². The van der Waals surface area contributed by atoms with Crippen molar-refractivity contribution in [3.05, 3.63) is 77.5 Å². The zero-order valence-electron chi connectivity index (χ0n) is 22.8. The van der Waals surface area contributed by atoms with Crippen molar-refractivity contribution in [2.75, 3.05) is 13.7 Å². The molecule has 8 heteroatoms. The number of nitrogens with zero attached hydrogens (tertiary/aromatic N) is 3. The van der Waals surface area contributed by atoms with Crippen LogP contribution in [-0.2, 0) is 22.4 Å². The molecule has 0 aliphatic carbocycles. The number of guanidine groups is 1. The first-order valence-corrected chi connectivity index (χ1v) is 12.3. The molecule has 0 atom stereocenters. The van der Waals surface area contributed by atoms with Gasteiger partial charge in [0.2, 0.25) is 5.96 Å². The molecule has 0 aromatic heterocycles. The highest BCUT2D eigenvalue weighted by Gasteiger charge is 2.39. The summed E-state index contributed by atoms with van der Waals surface area (Å²) in [4.78, 5) is 33.7. The van der Waals surface area contributed by atoms with Crippen LogP contribution in [0, 0.1) is 0 Å². The summed E-state index contributed by atoms with van der Waals surface area (Å²) in [6.07, 6.45) is 1.15. The molecule has 198 valence electrons. The van der Waals surface area contributed by atoms with Gasteiger partial charge in [0.1, 0.15) is 17.0 Å². The number of hydrogen-bond acceptors (Lipinski definition) is 5. The Morgan fingerprint density at radius 3 is 2.08 bits per heavy atom. The summed E-state index contributed by atoms with van der Waals surface area (Å²) in [5, 5.41) is 0. The van der Waals surface area contributed by atoms with Crippen molar-refractivity contribution in [3.8, 4) is 5.75 Å². The molecule has 0 unspecified atom stereocenters. The van der Waals surface area contributed by atoms with Gasteiger partial charge < -0.3 is 19.1 Å². The highest BCUT2D eigenvalue weighted by atomic mass is 16.6. The van der Waals surface area contributed by atoms with Crippen LogP contribution in [0.15, 0.2) is 71.4 Å². The third kappa shape index (κ3) is 8.37. The maximum absolute atomic E-state index is 13.4. The van der Waals surface area contributed by atoms with E-state index in [9.17, 15) is 9.59 Å². The Labute approximate surface area is 219 Å². The van der Waals surface area contributed by atoms with Gasteiger partial charge in [-0.25, -0.2) is 14.5 Å². The lowest BCUT2D eigenvalue weighted by molar-refractivity contribution is 0.0414. The molecule has 37 heavy (non-hydrogen) atoms. The molecule has 0 radical (unpaired) electrons. The zero-order chi connectivity index (χ0) is 27.2. The fraction of sp³-hybridized carbons (Fsp3) is 0.414. The van der Waals surface area contributed by atoms with Crippen LogP contribution in [-0.4, -0.2) is 52.8 Å². The Kier molecular flexibility index (Phi) is 8.63. The minimum atomic E-state index is -0.773. The summed E-state index contributed by atoms with van der Waals surface area (Å²) in [6.45, 7) is 11.5. The SMILES string of the molecule is COc1ccc(C/C=C2\CN(Cc3ccccc3)/C(=N\C(=O)OC(C)(C)C)N2C(=O)OC(C)(C)C)cc1. The summed E-state index contributed by atoms with van der Waals surface area (Å²) in [5.74, 6) is 0.946. The lowest BCUT2D eigenvalue weighted by Crippen LogP contribution is -2.41. The summed E-state index contributed by atoms with van der Waals surface area (Å²) in [5.41, 5.74) is 1.27. The molecule has 3 rings (SSSR count). The van der Waals surface area contributed by atoms with Gasteiger partial charge in [-0.05, 0) is 71.2 Å². The zero-order valence-corrected chi connectivity index (χ0v) is 22.8. The number of carbonyl (C=O) groups is 2. The summed E-state index contributed by atoms with van der Waals surface area (Å²) in [6, 6.07) is 17.5. The molecule has 1 aliphatic rings. The molecule has 1 fully saturated rings. The minimum Gasteiger partial charge on any atom is -0.497 e. The van der Waals surface area contributed by atoms with Gasteiger partial charge in [-0.1, -0.05) is 48.5 Å². The fourth-order valence-corrected chi connectivity index (χ4v) is 3.68. The van der Waals surface area contributed by atoms with Gasteiger partial charge >= 0.3 is 12.2 Å². The van der Waals surface area contributed by atoms with E-state index in [-0.39, 0.29) is 5.96 Å². The second kappa shape index (κ2) is 11.5. The van der Waals surface area contributed by atoms with Crippen LogP contribution in [0.5, 0.6) is 5.75 Å². The van der Waals surface area contributed by atoms with Gasteiger partial charge in [-0.3, -0.25) is 0 Å². The Hall–Kier alpha value is -3.81. The maximum Gasteiger partial charge on any atom is 0.437 e. The number of amides is 2. The van der Waals surface area contributed by atoms with Crippen LogP contribution in [0.3, 0.4) is 0 Å². The van der Waals surface area contributed by atoms with Crippen LogP contribution >= 0.6 is 0 Å². The van der Waals surface area contributed by atoms with E-state index in [2.05, 4.69) is 4.99 Å². The summed E-state index contributed by atoms with van der Waals surface area (Å²) in [7, 11) is 1.63. The molecular formula is C29H37N3O5. The topological polar surface area (TPSA) is 80.7 Å². The van der Waals surface area contributed by atoms with Crippen molar-refractivity contribution in [1.29, 1.82) is 0 Å². The number of allylic oxidation sites excluding steroid dienone is 1. The highest BCUT2D eigenvalue weighted by molar-refractivity contribution is 6.02. The van der Waals surface area contributed by atoms with Gasteiger partial charge in [0.25, 0.3) is 0 Å². The average molecular weight is 508 g/mol. The first kappa shape index (κ1) is 27.8. The first-order valence-electron chi connectivity index (χ1n) is 12.3. The molecule has 2 aromatic carbocycles. The minimum absolute atomic E-state index is 0.174. The smallest absolute Gasteiger partial charge is 0.437 e. The van der Waals surface area contributed by atoms with Crippen LogP contribution < -0.4 is 4.74 Å². The molecule has 1 heterocycles. The molecular weight excluding hydrogens is 470 g/mol. The Morgan fingerprint density at radius 1 is 0.892 bits per heavy atom.